The standard InChI is InChI=1S/C14H9BrF2O/c1-8-2-3-9(6-13(8)17)14(18)10-4-11(15)7-12(16)5-10/h2-7H,1H3. The zero-order valence-electron chi connectivity index (χ0n) is 9.51. The molecule has 2 aromatic carbocycles. The Morgan fingerprint density at radius 2 is 1.78 bits per heavy atom. The number of ketones is 1. The van der Waals surface area contributed by atoms with Crippen molar-refractivity contribution in [1.82, 2.24) is 0 Å². The second-order valence-electron chi connectivity index (χ2n) is 3.95. The molecule has 0 unspecified atom stereocenters. The SMILES string of the molecule is Cc1ccc(C(=O)c2cc(F)cc(Br)c2)cc1F. The van der Waals surface area contributed by atoms with Gasteiger partial charge in [-0.25, -0.2) is 8.78 Å². The molecule has 0 heterocycles. The third-order valence-electron chi connectivity index (χ3n) is 2.56. The molecule has 0 fully saturated rings. The number of carbonyl (C=O) groups excluding carboxylic acids is 1. The smallest absolute Gasteiger partial charge is 0.193 e. The summed E-state index contributed by atoms with van der Waals surface area (Å²) in [6.45, 7) is 1.61. The van der Waals surface area contributed by atoms with E-state index in [9.17, 15) is 13.6 Å². The maximum absolute atomic E-state index is 13.4. The molecule has 1 nitrogen and oxygen atoms in total. The Balaban J connectivity index is 2.44. The number of rotatable bonds is 2. The number of aryl methyl sites for hydroxylation is 1. The summed E-state index contributed by atoms with van der Waals surface area (Å²) < 4.78 is 27.0. The Bertz CT molecular complexity index is 603. The molecule has 0 bridgehead atoms. The molecule has 0 saturated carbocycles. The highest BCUT2D eigenvalue weighted by Gasteiger charge is 2.12. The van der Waals surface area contributed by atoms with Crippen molar-refractivity contribution in [2.45, 2.75) is 6.92 Å². The third kappa shape index (κ3) is 2.64. The van der Waals surface area contributed by atoms with Crippen molar-refractivity contribution in [2.75, 3.05) is 0 Å². The van der Waals surface area contributed by atoms with Crippen LogP contribution in [0.2, 0.25) is 0 Å². The summed E-state index contributed by atoms with van der Waals surface area (Å²) in [5.74, 6) is -1.37. The molecule has 0 spiro atoms. The van der Waals surface area contributed by atoms with Gasteiger partial charge in [0.25, 0.3) is 0 Å². The molecule has 0 aliphatic rings. The van der Waals surface area contributed by atoms with Crippen LogP contribution in [0.3, 0.4) is 0 Å². The van der Waals surface area contributed by atoms with Crippen LogP contribution in [0.25, 0.3) is 0 Å². The molecule has 92 valence electrons. The van der Waals surface area contributed by atoms with E-state index in [1.807, 2.05) is 0 Å². The predicted molar refractivity (Wildman–Crippen MR) is 68.7 cm³/mol. The van der Waals surface area contributed by atoms with Gasteiger partial charge in [0.05, 0.1) is 0 Å². The van der Waals surface area contributed by atoms with Crippen molar-refractivity contribution in [3.05, 3.63) is 69.2 Å². The molecular formula is C14H9BrF2O. The lowest BCUT2D eigenvalue weighted by Gasteiger charge is -2.04. The topological polar surface area (TPSA) is 17.1 Å². The highest BCUT2D eigenvalue weighted by molar-refractivity contribution is 9.10. The number of carbonyl (C=O) groups is 1. The van der Waals surface area contributed by atoms with E-state index in [2.05, 4.69) is 15.9 Å². The predicted octanol–water partition coefficient (Wildman–Crippen LogP) is 4.27. The van der Waals surface area contributed by atoms with Crippen LogP contribution in [0, 0.1) is 18.6 Å². The molecule has 0 aromatic heterocycles. The van der Waals surface area contributed by atoms with E-state index in [-0.39, 0.29) is 11.1 Å². The minimum Gasteiger partial charge on any atom is -0.289 e. The van der Waals surface area contributed by atoms with E-state index in [1.165, 1.54) is 24.3 Å². The molecular weight excluding hydrogens is 302 g/mol. The maximum atomic E-state index is 13.4. The summed E-state index contributed by atoms with van der Waals surface area (Å²) >= 11 is 3.11. The van der Waals surface area contributed by atoms with Gasteiger partial charge >= 0.3 is 0 Å². The Kier molecular flexibility index (Phi) is 3.57. The van der Waals surface area contributed by atoms with E-state index in [4.69, 9.17) is 0 Å². The van der Waals surface area contributed by atoms with Gasteiger partial charge in [0.1, 0.15) is 11.6 Å². The lowest BCUT2D eigenvalue weighted by atomic mass is 10.0. The van der Waals surface area contributed by atoms with E-state index in [0.29, 0.717) is 10.0 Å². The number of benzene rings is 2. The maximum Gasteiger partial charge on any atom is 0.193 e. The minimum atomic E-state index is -0.514. The quantitative estimate of drug-likeness (QED) is 0.757. The summed E-state index contributed by atoms with van der Waals surface area (Å²) in [7, 11) is 0. The molecule has 0 N–H and O–H groups in total. The van der Waals surface area contributed by atoms with Crippen molar-refractivity contribution in [3.63, 3.8) is 0 Å². The third-order valence-corrected chi connectivity index (χ3v) is 3.02. The zero-order chi connectivity index (χ0) is 13.3. The Hall–Kier alpha value is -1.55. The molecule has 0 aliphatic carbocycles. The van der Waals surface area contributed by atoms with Gasteiger partial charge < -0.3 is 0 Å². The van der Waals surface area contributed by atoms with E-state index in [1.54, 1.807) is 6.92 Å². The first-order chi connectivity index (χ1) is 8.47. The van der Waals surface area contributed by atoms with Gasteiger partial charge in [0.15, 0.2) is 5.78 Å². The van der Waals surface area contributed by atoms with Gasteiger partial charge in [-0.05, 0) is 36.8 Å². The molecule has 0 radical (unpaired) electrons. The average molecular weight is 311 g/mol. The molecule has 0 amide bonds. The van der Waals surface area contributed by atoms with Crippen LogP contribution in [0.1, 0.15) is 21.5 Å². The van der Waals surface area contributed by atoms with Crippen molar-refractivity contribution in [3.8, 4) is 0 Å². The molecule has 18 heavy (non-hydrogen) atoms. The summed E-state index contributed by atoms with van der Waals surface area (Å²) in [4.78, 5) is 12.1. The van der Waals surface area contributed by atoms with Crippen LogP contribution >= 0.6 is 15.9 Å². The molecule has 0 aliphatic heterocycles. The lowest BCUT2D eigenvalue weighted by molar-refractivity contribution is 0.103. The van der Waals surface area contributed by atoms with Gasteiger partial charge in [-0.1, -0.05) is 28.1 Å². The first kappa shape index (κ1) is 12.9. The van der Waals surface area contributed by atoms with Crippen LogP contribution in [-0.2, 0) is 0 Å². The summed E-state index contributed by atoms with van der Waals surface area (Å²) in [6.07, 6.45) is 0. The summed E-state index contributed by atoms with van der Waals surface area (Å²) in [5.41, 5.74) is 0.854. The fraction of sp³-hybridized carbons (Fsp3) is 0.0714. The number of hydrogen-bond acceptors (Lipinski definition) is 1. The summed E-state index contributed by atoms with van der Waals surface area (Å²) in [6, 6.07) is 8.10. The van der Waals surface area contributed by atoms with Crippen LogP contribution in [0.5, 0.6) is 0 Å². The molecule has 0 atom stereocenters. The van der Waals surface area contributed by atoms with Gasteiger partial charge in [0, 0.05) is 15.6 Å². The van der Waals surface area contributed by atoms with Crippen LogP contribution < -0.4 is 0 Å². The molecule has 4 heteroatoms. The Morgan fingerprint density at radius 1 is 1.06 bits per heavy atom. The summed E-state index contributed by atoms with van der Waals surface area (Å²) in [5, 5.41) is 0. The number of hydrogen-bond donors (Lipinski definition) is 0. The zero-order valence-corrected chi connectivity index (χ0v) is 11.1. The first-order valence-electron chi connectivity index (χ1n) is 5.24. The van der Waals surface area contributed by atoms with Crippen LogP contribution in [0.15, 0.2) is 40.9 Å². The van der Waals surface area contributed by atoms with Gasteiger partial charge in [0.2, 0.25) is 0 Å². The largest absolute Gasteiger partial charge is 0.289 e. The average Bonchev–Trinajstić information content (AvgIpc) is 2.30. The number of halogens is 3. The van der Waals surface area contributed by atoms with Crippen molar-refractivity contribution >= 4 is 21.7 Å². The highest BCUT2D eigenvalue weighted by Crippen LogP contribution is 2.19. The highest BCUT2D eigenvalue weighted by atomic mass is 79.9. The van der Waals surface area contributed by atoms with E-state index in [0.717, 1.165) is 12.1 Å². The fourth-order valence-corrected chi connectivity index (χ4v) is 2.05. The fourth-order valence-electron chi connectivity index (χ4n) is 1.59. The van der Waals surface area contributed by atoms with Crippen molar-refractivity contribution < 1.29 is 13.6 Å². The Labute approximate surface area is 112 Å². The van der Waals surface area contributed by atoms with Gasteiger partial charge in [-0.15, -0.1) is 0 Å². The Morgan fingerprint density at radius 3 is 2.39 bits per heavy atom. The van der Waals surface area contributed by atoms with Gasteiger partial charge in [-0.3, -0.25) is 4.79 Å². The van der Waals surface area contributed by atoms with E-state index >= 15 is 0 Å². The van der Waals surface area contributed by atoms with Gasteiger partial charge in [-0.2, -0.15) is 0 Å². The van der Waals surface area contributed by atoms with Crippen LogP contribution in [-0.4, -0.2) is 5.78 Å². The van der Waals surface area contributed by atoms with E-state index < -0.39 is 17.4 Å². The monoisotopic (exact) mass is 310 g/mol. The molecule has 0 saturated heterocycles. The normalized spacial score (nSPS) is 10.4. The second-order valence-corrected chi connectivity index (χ2v) is 4.87. The second kappa shape index (κ2) is 4.98. The lowest BCUT2D eigenvalue weighted by Crippen LogP contribution is -2.03. The van der Waals surface area contributed by atoms with Crippen LogP contribution in [0.4, 0.5) is 8.78 Å². The molecule has 2 aromatic rings. The first-order valence-corrected chi connectivity index (χ1v) is 6.03. The van der Waals surface area contributed by atoms with Crippen molar-refractivity contribution in [2.24, 2.45) is 0 Å². The minimum absolute atomic E-state index is 0.185. The molecule has 2 rings (SSSR count). The van der Waals surface area contributed by atoms with Crippen molar-refractivity contribution in [1.29, 1.82) is 0 Å².